The topological polar surface area (TPSA) is 124 Å². The van der Waals surface area contributed by atoms with Gasteiger partial charge in [0.25, 0.3) is 5.91 Å². The number of carboxylic acids is 1. The predicted octanol–water partition coefficient (Wildman–Crippen LogP) is 0.640. The van der Waals surface area contributed by atoms with Gasteiger partial charge in [-0.1, -0.05) is 0 Å². The van der Waals surface area contributed by atoms with Crippen molar-refractivity contribution in [1.82, 2.24) is 25.3 Å². The van der Waals surface area contributed by atoms with E-state index in [1.54, 1.807) is 0 Å². The van der Waals surface area contributed by atoms with Gasteiger partial charge in [-0.25, -0.2) is 14.8 Å². The number of H-pyrrole nitrogens is 2. The van der Waals surface area contributed by atoms with Gasteiger partial charge in [0.1, 0.15) is 17.2 Å². The van der Waals surface area contributed by atoms with E-state index < -0.39 is 11.5 Å². The number of imidazole rings is 2. The minimum Gasteiger partial charge on any atom is -0.477 e. The van der Waals surface area contributed by atoms with Gasteiger partial charge in [0, 0.05) is 0 Å². The average Bonchev–Trinajstić information content (AvgIpc) is 3.03. The van der Waals surface area contributed by atoms with Crippen molar-refractivity contribution in [3.8, 4) is 0 Å². The highest BCUT2D eigenvalue weighted by Gasteiger charge is 2.43. The molecule has 2 aromatic heterocycles. The molecule has 0 aromatic carbocycles. The molecule has 0 bridgehead atoms. The Labute approximate surface area is 113 Å². The highest BCUT2D eigenvalue weighted by molar-refractivity contribution is 5.92. The van der Waals surface area contributed by atoms with Crippen LogP contribution in [0.25, 0.3) is 0 Å². The number of amides is 1. The molecule has 0 unspecified atom stereocenters. The van der Waals surface area contributed by atoms with Crippen LogP contribution in [0.3, 0.4) is 0 Å². The summed E-state index contributed by atoms with van der Waals surface area (Å²) in [5.41, 5.74) is -0.237. The second-order valence-corrected chi connectivity index (χ2v) is 4.81. The number of carbonyl (C=O) groups is 2. The number of nitrogens with zero attached hydrogens (tertiary/aromatic N) is 2. The molecule has 1 amide bonds. The van der Waals surface area contributed by atoms with Crippen molar-refractivity contribution in [2.24, 2.45) is 0 Å². The van der Waals surface area contributed by atoms with E-state index in [1.165, 1.54) is 18.7 Å². The molecule has 1 aliphatic rings. The molecule has 1 fully saturated rings. The van der Waals surface area contributed by atoms with Gasteiger partial charge in [-0.2, -0.15) is 0 Å². The minimum absolute atomic E-state index is 0.0158. The summed E-state index contributed by atoms with van der Waals surface area (Å²) in [7, 11) is 0. The number of aromatic carboxylic acids is 1. The second kappa shape index (κ2) is 4.48. The van der Waals surface area contributed by atoms with Gasteiger partial charge >= 0.3 is 5.97 Å². The fourth-order valence-corrected chi connectivity index (χ4v) is 2.29. The summed E-state index contributed by atoms with van der Waals surface area (Å²) < 4.78 is 0. The highest BCUT2D eigenvalue weighted by Crippen LogP contribution is 2.39. The molecule has 20 heavy (non-hydrogen) atoms. The standard InChI is InChI=1S/C12H13N5O3/c18-9(7-4-13-6-15-7)17-12(2-1-3-12)11-14-5-8(16-11)10(19)20/h4-6H,1-3H2,(H,13,15)(H,14,16)(H,17,18)(H,19,20). The minimum atomic E-state index is -1.07. The van der Waals surface area contributed by atoms with E-state index in [4.69, 9.17) is 5.11 Å². The van der Waals surface area contributed by atoms with Crippen LogP contribution in [-0.2, 0) is 5.54 Å². The fourth-order valence-electron chi connectivity index (χ4n) is 2.29. The van der Waals surface area contributed by atoms with Crippen molar-refractivity contribution in [2.75, 3.05) is 0 Å². The van der Waals surface area contributed by atoms with Crippen molar-refractivity contribution < 1.29 is 14.7 Å². The summed E-state index contributed by atoms with van der Waals surface area (Å²) in [5, 5.41) is 11.8. The third-order valence-electron chi connectivity index (χ3n) is 3.56. The Morgan fingerprint density at radius 2 is 2.10 bits per heavy atom. The number of aromatic nitrogens is 4. The molecular weight excluding hydrogens is 262 g/mol. The quantitative estimate of drug-likeness (QED) is 0.652. The zero-order valence-corrected chi connectivity index (χ0v) is 10.5. The SMILES string of the molecule is O=C(O)c1cnc(C2(NC(=O)c3cnc[nH]3)CCC2)[nH]1. The van der Waals surface area contributed by atoms with Crippen molar-refractivity contribution in [3.05, 3.63) is 35.9 Å². The van der Waals surface area contributed by atoms with Gasteiger partial charge in [0.2, 0.25) is 0 Å². The van der Waals surface area contributed by atoms with E-state index in [-0.39, 0.29) is 11.6 Å². The smallest absolute Gasteiger partial charge is 0.353 e. The first-order valence-corrected chi connectivity index (χ1v) is 6.20. The van der Waals surface area contributed by atoms with Crippen molar-refractivity contribution in [1.29, 1.82) is 0 Å². The third kappa shape index (κ3) is 1.94. The molecule has 1 aliphatic carbocycles. The number of aromatic amines is 2. The molecule has 4 N–H and O–H groups in total. The molecule has 8 nitrogen and oxygen atoms in total. The van der Waals surface area contributed by atoms with E-state index in [0.29, 0.717) is 11.5 Å². The Morgan fingerprint density at radius 1 is 1.30 bits per heavy atom. The van der Waals surface area contributed by atoms with Crippen LogP contribution in [0.1, 0.15) is 46.1 Å². The molecule has 0 atom stereocenters. The molecule has 0 spiro atoms. The molecular formula is C12H13N5O3. The van der Waals surface area contributed by atoms with Crippen LogP contribution in [-0.4, -0.2) is 36.9 Å². The Balaban J connectivity index is 1.83. The highest BCUT2D eigenvalue weighted by atomic mass is 16.4. The summed E-state index contributed by atoms with van der Waals surface area (Å²) >= 11 is 0. The first-order valence-electron chi connectivity index (χ1n) is 6.20. The Kier molecular flexibility index (Phi) is 2.78. The number of hydrogen-bond donors (Lipinski definition) is 4. The molecule has 8 heteroatoms. The maximum absolute atomic E-state index is 12.1. The van der Waals surface area contributed by atoms with Crippen LogP contribution in [0, 0.1) is 0 Å². The van der Waals surface area contributed by atoms with Crippen molar-refractivity contribution in [2.45, 2.75) is 24.8 Å². The molecule has 3 rings (SSSR count). The summed E-state index contributed by atoms with van der Waals surface area (Å²) in [6.45, 7) is 0. The molecule has 2 aromatic rings. The zero-order chi connectivity index (χ0) is 14.2. The lowest BCUT2D eigenvalue weighted by atomic mass is 9.76. The van der Waals surface area contributed by atoms with Crippen LogP contribution >= 0.6 is 0 Å². The van der Waals surface area contributed by atoms with Gasteiger partial charge in [-0.15, -0.1) is 0 Å². The molecule has 0 radical (unpaired) electrons. The van der Waals surface area contributed by atoms with E-state index in [1.807, 2.05) is 0 Å². The number of hydrogen-bond acceptors (Lipinski definition) is 4. The molecule has 104 valence electrons. The average molecular weight is 275 g/mol. The first kappa shape index (κ1) is 12.4. The fraction of sp³-hybridized carbons (Fsp3) is 0.333. The predicted molar refractivity (Wildman–Crippen MR) is 67.1 cm³/mol. The summed E-state index contributed by atoms with van der Waals surface area (Å²) in [6.07, 6.45) is 6.52. The molecule has 2 heterocycles. The Morgan fingerprint density at radius 3 is 2.60 bits per heavy atom. The Hall–Kier alpha value is -2.64. The summed E-state index contributed by atoms with van der Waals surface area (Å²) in [5.74, 6) is -0.873. The second-order valence-electron chi connectivity index (χ2n) is 4.81. The third-order valence-corrected chi connectivity index (χ3v) is 3.56. The van der Waals surface area contributed by atoms with Gasteiger partial charge < -0.3 is 20.4 Å². The van der Waals surface area contributed by atoms with Gasteiger partial charge in [0.05, 0.1) is 24.3 Å². The van der Waals surface area contributed by atoms with E-state index >= 15 is 0 Å². The molecule has 0 saturated heterocycles. The lowest BCUT2D eigenvalue weighted by Crippen LogP contribution is -2.51. The summed E-state index contributed by atoms with van der Waals surface area (Å²) in [6, 6.07) is 0. The number of carboxylic acid groups (broad SMARTS) is 1. The maximum Gasteiger partial charge on any atom is 0.353 e. The largest absolute Gasteiger partial charge is 0.477 e. The van der Waals surface area contributed by atoms with Crippen LogP contribution in [0.15, 0.2) is 18.7 Å². The van der Waals surface area contributed by atoms with E-state index in [0.717, 1.165) is 19.3 Å². The van der Waals surface area contributed by atoms with Crippen LogP contribution in [0.5, 0.6) is 0 Å². The number of nitrogens with one attached hydrogen (secondary N) is 3. The van der Waals surface area contributed by atoms with E-state index in [2.05, 4.69) is 25.3 Å². The van der Waals surface area contributed by atoms with Gasteiger partial charge in [-0.3, -0.25) is 4.79 Å². The first-order chi connectivity index (χ1) is 9.61. The molecule has 1 saturated carbocycles. The Bertz CT molecular complexity index is 642. The van der Waals surface area contributed by atoms with Gasteiger partial charge in [0.15, 0.2) is 0 Å². The van der Waals surface area contributed by atoms with Gasteiger partial charge in [-0.05, 0) is 19.3 Å². The van der Waals surface area contributed by atoms with Crippen LogP contribution < -0.4 is 5.32 Å². The lowest BCUT2D eigenvalue weighted by molar-refractivity contribution is 0.0690. The monoisotopic (exact) mass is 275 g/mol. The van der Waals surface area contributed by atoms with Crippen molar-refractivity contribution in [3.63, 3.8) is 0 Å². The summed E-state index contributed by atoms with van der Waals surface area (Å²) in [4.78, 5) is 36.4. The van der Waals surface area contributed by atoms with Crippen LogP contribution in [0.4, 0.5) is 0 Å². The van der Waals surface area contributed by atoms with E-state index in [9.17, 15) is 9.59 Å². The molecule has 0 aliphatic heterocycles. The maximum atomic E-state index is 12.1. The van der Waals surface area contributed by atoms with Crippen molar-refractivity contribution >= 4 is 11.9 Å². The van der Waals surface area contributed by atoms with Crippen LogP contribution in [0.2, 0.25) is 0 Å². The number of rotatable bonds is 4. The lowest BCUT2D eigenvalue weighted by Gasteiger charge is -2.40. The number of carbonyl (C=O) groups excluding carboxylic acids is 1. The zero-order valence-electron chi connectivity index (χ0n) is 10.5. The normalized spacial score (nSPS) is 16.4.